The largest absolute Gasteiger partial charge is 0.395 e. The van der Waals surface area contributed by atoms with Gasteiger partial charge in [0.15, 0.2) is 0 Å². The Bertz CT molecular complexity index is 609. The van der Waals surface area contributed by atoms with E-state index < -0.39 is 0 Å². The van der Waals surface area contributed by atoms with E-state index in [0.717, 1.165) is 16.7 Å². The summed E-state index contributed by atoms with van der Waals surface area (Å²) in [6.45, 7) is 2.12. The summed E-state index contributed by atoms with van der Waals surface area (Å²) in [5.41, 5.74) is 9.20. The number of aryl methyl sites for hydroxylation is 1. The number of aromatic nitrogens is 1. The van der Waals surface area contributed by atoms with Crippen molar-refractivity contribution in [1.29, 1.82) is 0 Å². The van der Waals surface area contributed by atoms with Crippen molar-refractivity contribution in [2.24, 2.45) is 0 Å². The van der Waals surface area contributed by atoms with Gasteiger partial charge in [-0.15, -0.1) is 0 Å². The van der Waals surface area contributed by atoms with Gasteiger partial charge in [0.05, 0.1) is 6.61 Å². The molecule has 0 atom stereocenters. The standard InChI is InChI=1S/C15H17N3O2/c1-10-8-13(14(16)18-9-10)11-2-4-12(5-3-11)15(20)17-6-7-19/h2-5,8-9,19H,6-7H2,1H3,(H2,16,18)(H,17,20). The van der Waals surface area contributed by atoms with Gasteiger partial charge in [0, 0.05) is 23.9 Å². The molecule has 20 heavy (non-hydrogen) atoms. The Hall–Kier alpha value is -2.40. The SMILES string of the molecule is Cc1cnc(N)c(-c2ccc(C(=O)NCCO)cc2)c1. The number of hydrogen-bond acceptors (Lipinski definition) is 4. The summed E-state index contributed by atoms with van der Waals surface area (Å²) in [5.74, 6) is 0.258. The summed E-state index contributed by atoms with van der Waals surface area (Å²) in [7, 11) is 0. The topological polar surface area (TPSA) is 88.2 Å². The zero-order valence-corrected chi connectivity index (χ0v) is 11.3. The van der Waals surface area contributed by atoms with Gasteiger partial charge in [-0.05, 0) is 36.2 Å². The highest BCUT2D eigenvalue weighted by Crippen LogP contribution is 2.25. The fourth-order valence-corrected chi connectivity index (χ4v) is 1.88. The van der Waals surface area contributed by atoms with Crippen molar-refractivity contribution in [2.75, 3.05) is 18.9 Å². The van der Waals surface area contributed by atoms with E-state index in [4.69, 9.17) is 10.8 Å². The van der Waals surface area contributed by atoms with Gasteiger partial charge in [-0.25, -0.2) is 4.98 Å². The van der Waals surface area contributed by atoms with E-state index >= 15 is 0 Å². The van der Waals surface area contributed by atoms with Crippen LogP contribution in [0.3, 0.4) is 0 Å². The Kier molecular flexibility index (Phi) is 4.32. The fraction of sp³-hybridized carbons (Fsp3) is 0.200. The molecule has 0 radical (unpaired) electrons. The van der Waals surface area contributed by atoms with E-state index in [1.54, 1.807) is 18.3 Å². The maximum absolute atomic E-state index is 11.7. The number of nitrogens with one attached hydrogen (secondary N) is 1. The normalized spacial score (nSPS) is 10.3. The number of benzene rings is 1. The molecule has 1 aromatic heterocycles. The lowest BCUT2D eigenvalue weighted by atomic mass is 10.0. The van der Waals surface area contributed by atoms with E-state index in [2.05, 4.69) is 10.3 Å². The van der Waals surface area contributed by atoms with Gasteiger partial charge in [-0.2, -0.15) is 0 Å². The lowest BCUT2D eigenvalue weighted by molar-refractivity contribution is 0.0945. The molecule has 0 unspecified atom stereocenters. The quantitative estimate of drug-likeness (QED) is 0.783. The minimum atomic E-state index is -0.207. The summed E-state index contributed by atoms with van der Waals surface area (Å²) in [6.07, 6.45) is 1.72. The Morgan fingerprint density at radius 2 is 2.05 bits per heavy atom. The van der Waals surface area contributed by atoms with Gasteiger partial charge in [-0.1, -0.05) is 12.1 Å². The monoisotopic (exact) mass is 271 g/mol. The number of pyridine rings is 1. The zero-order chi connectivity index (χ0) is 14.5. The molecule has 1 aromatic carbocycles. The Morgan fingerprint density at radius 1 is 1.35 bits per heavy atom. The van der Waals surface area contributed by atoms with Gasteiger partial charge in [0.25, 0.3) is 5.91 Å². The van der Waals surface area contributed by atoms with E-state index in [9.17, 15) is 4.79 Å². The van der Waals surface area contributed by atoms with Crippen molar-refractivity contribution in [1.82, 2.24) is 10.3 Å². The second-order valence-electron chi connectivity index (χ2n) is 4.50. The molecular formula is C15H17N3O2. The minimum Gasteiger partial charge on any atom is -0.395 e. The first-order valence-corrected chi connectivity index (χ1v) is 6.33. The average Bonchev–Trinajstić information content (AvgIpc) is 2.47. The molecule has 1 amide bonds. The highest BCUT2D eigenvalue weighted by molar-refractivity contribution is 5.94. The molecule has 4 N–H and O–H groups in total. The van der Waals surface area contributed by atoms with Crippen molar-refractivity contribution in [3.8, 4) is 11.1 Å². The third-order valence-corrected chi connectivity index (χ3v) is 2.91. The number of carbonyl (C=O) groups is 1. The summed E-state index contributed by atoms with van der Waals surface area (Å²) in [4.78, 5) is 15.8. The Balaban J connectivity index is 2.24. The molecule has 0 aliphatic rings. The van der Waals surface area contributed by atoms with Gasteiger partial charge in [0.2, 0.25) is 0 Å². The number of amides is 1. The molecule has 5 nitrogen and oxygen atoms in total. The number of anilines is 1. The predicted octanol–water partition coefficient (Wildman–Crippen LogP) is 1.36. The summed E-state index contributed by atoms with van der Waals surface area (Å²) in [6, 6.07) is 9.08. The average molecular weight is 271 g/mol. The van der Waals surface area contributed by atoms with Crippen LogP contribution in [0.1, 0.15) is 15.9 Å². The summed E-state index contributed by atoms with van der Waals surface area (Å²) in [5, 5.41) is 11.3. The molecule has 0 fully saturated rings. The Labute approximate surface area is 117 Å². The van der Waals surface area contributed by atoms with Crippen molar-refractivity contribution in [2.45, 2.75) is 6.92 Å². The van der Waals surface area contributed by atoms with E-state index in [0.29, 0.717) is 11.4 Å². The predicted molar refractivity (Wildman–Crippen MR) is 78.2 cm³/mol. The van der Waals surface area contributed by atoms with Crippen molar-refractivity contribution >= 4 is 11.7 Å². The molecule has 104 valence electrons. The number of nitrogens with two attached hydrogens (primary N) is 1. The number of rotatable bonds is 4. The Morgan fingerprint density at radius 3 is 2.70 bits per heavy atom. The minimum absolute atomic E-state index is 0.0741. The molecular weight excluding hydrogens is 254 g/mol. The highest BCUT2D eigenvalue weighted by atomic mass is 16.3. The van der Waals surface area contributed by atoms with Crippen molar-refractivity contribution in [3.05, 3.63) is 47.7 Å². The lowest BCUT2D eigenvalue weighted by Crippen LogP contribution is -2.26. The fourth-order valence-electron chi connectivity index (χ4n) is 1.88. The van der Waals surface area contributed by atoms with Crippen LogP contribution in [0, 0.1) is 6.92 Å². The molecule has 2 aromatic rings. The van der Waals surface area contributed by atoms with Crippen LogP contribution in [0.2, 0.25) is 0 Å². The molecule has 5 heteroatoms. The first-order valence-electron chi connectivity index (χ1n) is 6.33. The maximum atomic E-state index is 11.7. The molecule has 0 spiro atoms. The first kappa shape index (κ1) is 14.0. The van der Waals surface area contributed by atoms with Crippen LogP contribution in [-0.4, -0.2) is 29.1 Å². The van der Waals surface area contributed by atoms with Crippen LogP contribution in [0.25, 0.3) is 11.1 Å². The smallest absolute Gasteiger partial charge is 0.251 e. The summed E-state index contributed by atoms with van der Waals surface area (Å²) >= 11 is 0. The molecule has 1 heterocycles. The van der Waals surface area contributed by atoms with Crippen molar-refractivity contribution < 1.29 is 9.90 Å². The van der Waals surface area contributed by atoms with E-state index in [1.807, 2.05) is 25.1 Å². The van der Waals surface area contributed by atoms with E-state index in [-0.39, 0.29) is 19.1 Å². The van der Waals surface area contributed by atoms with Gasteiger partial charge >= 0.3 is 0 Å². The molecule has 0 aliphatic carbocycles. The van der Waals surface area contributed by atoms with Crippen LogP contribution < -0.4 is 11.1 Å². The van der Waals surface area contributed by atoms with E-state index in [1.165, 1.54) is 0 Å². The van der Waals surface area contributed by atoms with Crippen LogP contribution in [0.4, 0.5) is 5.82 Å². The number of carbonyl (C=O) groups excluding carboxylic acids is 1. The van der Waals surface area contributed by atoms with Crippen LogP contribution in [0.15, 0.2) is 36.5 Å². The van der Waals surface area contributed by atoms with Crippen LogP contribution in [0.5, 0.6) is 0 Å². The third-order valence-electron chi connectivity index (χ3n) is 2.91. The molecule has 0 saturated carbocycles. The number of aliphatic hydroxyl groups is 1. The summed E-state index contributed by atoms with van der Waals surface area (Å²) < 4.78 is 0. The highest BCUT2D eigenvalue weighted by Gasteiger charge is 2.07. The number of hydrogen-bond donors (Lipinski definition) is 3. The van der Waals surface area contributed by atoms with Crippen molar-refractivity contribution in [3.63, 3.8) is 0 Å². The molecule has 0 aliphatic heterocycles. The number of nitrogen functional groups attached to an aromatic ring is 1. The number of nitrogens with zero attached hydrogens (tertiary/aromatic N) is 1. The molecule has 0 bridgehead atoms. The first-order chi connectivity index (χ1) is 9.61. The lowest BCUT2D eigenvalue weighted by Gasteiger charge is -2.08. The number of aliphatic hydroxyl groups excluding tert-OH is 1. The molecule has 2 rings (SSSR count). The van der Waals surface area contributed by atoms with Gasteiger partial charge in [0.1, 0.15) is 5.82 Å². The second kappa shape index (κ2) is 6.16. The second-order valence-corrected chi connectivity index (χ2v) is 4.50. The van der Waals surface area contributed by atoms with Crippen LogP contribution >= 0.6 is 0 Å². The zero-order valence-electron chi connectivity index (χ0n) is 11.3. The van der Waals surface area contributed by atoms with Gasteiger partial charge in [-0.3, -0.25) is 4.79 Å². The maximum Gasteiger partial charge on any atom is 0.251 e. The van der Waals surface area contributed by atoms with Gasteiger partial charge < -0.3 is 16.2 Å². The van der Waals surface area contributed by atoms with Crippen LogP contribution in [-0.2, 0) is 0 Å². The third kappa shape index (κ3) is 3.13. The molecule has 0 saturated heterocycles.